The van der Waals surface area contributed by atoms with Crippen molar-refractivity contribution in [3.8, 4) is 0 Å². The minimum Gasteiger partial charge on any atom is -0.507 e. The van der Waals surface area contributed by atoms with E-state index in [1.54, 1.807) is 48.5 Å². The van der Waals surface area contributed by atoms with Gasteiger partial charge in [-0.2, -0.15) is 0 Å². The molecule has 0 unspecified atom stereocenters. The Morgan fingerprint density at radius 1 is 1.00 bits per heavy atom. The molecule has 28 heavy (non-hydrogen) atoms. The molecule has 1 aliphatic heterocycles. The molecule has 1 atom stereocenters. The molecule has 0 aliphatic carbocycles. The molecule has 0 radical (unpaired) electrons. The first kappa shape index (κ1) is 19.8. The summed E-state index contributed by atoms with van der Waals surface area (Å²) in [5.74, 6) is -2.25. The number of benzene rings is 2. The van der Waals surface area contributed by atoms with Gasteiger partial charge in [0.2, 0.25) is 0 Å². The zero-order valence-corrected chi connectivity index (χ0v) is 15.9. The monoisotopic (exact) mass is 381 g/mol. The number of Topliss-reactive ketones (excluding diaryl/α,β-unsaturated/α-hetero) is 1. The molecular weight excluding hydrogens is 357 g/mol. The minimum absolute atomic E-state index is 0.0585. The number of halogens is 1. The summed E-state index contributed by atoms with van der Waals surface area (Å²) < 4.78 is 14.6. The Kier molecular flexibility index (Phi) is 6.24. The van der Waals surface area contributed by atoms with Crippen molar-refractivity contribution in [2.75, 3.05) is 6.54 Å². The van der Waals surface area contributed by atoms with Crippen molar-refractivity contribution in [1.29, 1.82) is 0 Å². The van der Waals surface area contributed by atoms with Gasteiger partial charge in [-0.1, -0.05) is 74.7 Å². The van der Waals surface area contributed by atoms with Crippen LogP contribution in [0, 0.1) is 5.82 Å². The highest BCUT2D eigenvalue weighted by molar-refractivity contribution is 6.46. The average Bonchev–Trinajstić information content (AvgIpc) is 2.96. The fraction of sp³-hybridized carbons (Fsp3) is 0.304. The van der Waals surface area contributed by atoms with E-state index in [1.165, 1.54) is 11.0 Å². The molecule has 1 fully saturated rings. The van der Waals surface area contributed by atoms with Crippen LogP contribution in [-0.4, -0.2) is 28.2 Å². The standard InChI is InChI=1S/C23H24FNO3/c1-2-3-4-10-15-25-20(17-13-8-9-14-18(17)24)19(22(27)23(25)28)21(26)16-11-6-5-7-12-16/h5-9,11-14,20,26H,2-4,10,15H2,1H3/t20-/m1/s1. The first-order valence-electron chi connectivity index (χ1n) is 9.64. The summed E-state index contributed by atoms with van der Waals surface area (Å²) in [5, 5.41) is 10.8. The van der Waals surface area contributed by atoms with Crippen LogP contribution in [-0.2, 0) is 9.59 Å². The number of hydrogen-bond donors (Lipinski definition) is 1. The van der Waals surface area contributed by atoms with Gasteiger partial charge < -0.3 is 10.0 Å². The van der Waals surface area contributed by atoms with Gasteiger partial charge in [0.25, 0.3) is 11.7 Å². The topological polar surface area (TPSA) is 57.6 Å². The van der Waals surface area contributed by atoms with Gasteiger partial charge in [0, 0.05) is 17.7 Å². The van der Waals surface area contributed by atoms with Gasteiger partial charge in [0.05, 0.1) is 11.6 Å². The number of aliphatic hydroxyl groups excluding tert-OH is 1. The zero-order valence-electron chi connectivity index (χ0n) is 15.9. The van der Waals surface area contributed by atoms with Crippen molar-refractivity contribution in [1.82, 2.24) is 4.90 Å². The maximum absolute atomic E-state index is 14.6. The first-order valence-corrected chi connectivity index (χ1v) is 9.64. The molecule has 1 heterocycles. The maximum Gasteiger partial charge on any atom is 0.295 e. The van der Waals surface area contributed by atoms with E-state index in [9.17, 15) is 19.1 Å². The number of ketones is 1. The third-order valence-electron chi connectivity index (χ3n) is 5.04. The third-order valence-corrected chi connectivity index (χ3v) is 5.04. The highest BCUT2D eigenvalue weighted by Crippen LogP contribution is 2.40. The molecule has 2 aromatic rings. The van der Waals surface area contributed by atoms with Crippen LogP contribution in [0.4, 0.5) is 4.39 Å². The Bertz CT molecular complexity index is 892. The lowest BCUT2D eigenvalue weighted by Crippen LogP contribution is -2.31. The SMILES string of the molecule is CCCCCCN1C(=O)C(=O)C(=C(O)c2ccccc2)[C@H]1c1ccccc1F. The fourth-order valence-electron chi connectivity index (χ4n) is 3.59. The van der Waals surface area contributed by atoms with Crippen LogP contribution in [0.3, 0.4) is 0 Å². The molecule has 5 heteroatoms. The quantitative estimate of drug-likeness (QED) is 0.323. The Labute approximate surface area is 164 Å². The first-order chi connectivity index (χ1) is 13.6. The van der Waals surface area contributed by atoms with E-state index in [-0.39, 0.29) is 16.9 Å². The van der Waals surface area contributed by atoms with E-state index < -0.39 is 23.5 Å². The van der Waals surface area contributed by atoms with Crippen LogP contribution < -0.4 is 0 Å². The number of likely N-dealkylation sites (tertiary alicyclic amines) is 1. The van der Waals surface area contributed by atoms with Crippen molar-refractivity contribution < 1.29 is 19.1 Å². The van der Waals surface area contributed by atoms with Gasteiger partial charge in [-0.3, -0.25) is 9.59 Å². The summed E-state index contributed by atoms with van der Waals surface area (Å²) in [5.41, 5.74) is 0.583. The Morgan fingerprint density at radius 2 is 1.68 bits per heavy atom. The van der Waals surface area contributed by atoms with Crippen molar-refractivity contribution in [2.24, 2.45) is 0 Å². The number of rotatable bonds is 7. The molecule has 146 valence electrons. The molecule has 1 aliphatic rings. The molecule has 0 saturated carbocycles. The molecule has 0 bridgehead atoms. The third kappa shape index (κ3) is 3.84. The van der Waals surface area contributed by atoms with E-state index >= 15 is 0 Å². The normalized spacial score (nSPS) is 18.6. The summed E-state index contributed by atoms with van der Waals surface area (Å²) in [4.78, 5) is 26.9. The number of carbonyl (C=O) groups excluding carboxylic acids is 2. The van der Waals surface area contributed by atoms with Crippen LogP contribution in [0.5, 0.6) is 0 Å². The highest BCUT2D eigenvalue weighted by Gasteiger charge is 2.46. The molecule has 1 amide bonds. The number of aliphatic hydroxyl groups is 1. The van der Waals surface area contributed by atoms with E-state index in [4.69, 9.17) is 0 Å². The number of unbranched alkanes of at least 4 members (excludes halogenated alkanes) is 3. The van der Waals surface area contributed by atoms with Crippen LogP contribution in [0.25, 0.3) is 5.76 Å². The largest absolute Gasteiger partial charge is 0.507 e. The summed E-state index contributed by atoms with van der Waals surface area (Å²) in [6.45, 7) is 2.43. The number of nitrogens with zero attached hydrogens (tertiary/aromatic N) is 1. The lowest BCUT2D eigenvalue weighted by Gasteiger charge is -2.25. The van der Waals surface area contributed by atoms with Crippen molar-refractivity contribution in [3.63, 3.8) is 0 Å². The van der Waals surface area contributed by atoms with Gasteiger partial charge in [0.1, 0.15) is 11.6 Å². The average molecular weight is 381 g/mol. The second-order valence-electron chi connectivity index (χ2n) is 6.94. The molecule has 0 aromatic heterocycles. The molecule has 1 saturated heterocycles. The van der Waals surface area contributed by atoms with Crippen molar-refractivity contribution >= 4 is 17.4 Å². The molecule has 3 rings (SSSR count). The number of hydrogen-bond acceptors (Lipinski definition) is 3. The second-order valence-corrected chi connectivity index (χ2v) is 6.94. The molecule has 4 nitrogen and oxygen atoms in total. The molecule has 2 aromatic carbocycles. The predicted molar refractivity (Wildman–Crippen MR) is 106 cm³/mol. The van der Waals surface area contributed by atoms with E-state index in [2.05, 4.69) is 6.92 Å². The van der Waals surface area contributed by atoms with Gasteiger partial charge in [-0.15, -0.1) is 0 Å². The van der Waals surface area contributed by atoms with Crippen molar-refractivity contribution in [2.45, 2.75) is 38.6 Å². The summed E-state index contributed by atoms with van der Waals surface area (Å²) in [6.07, 6.45) is 3.71. The zero-order chi connectivity index (χ0) is 20.1. The van der Waals surface area contributed by atoms with Gasteiger partial charge in [-0.05, 0) is 12.5 Å². The summed E-state index contributed by atoms with van der Waals surface area (Å²) >= 11 is 0. The number of carbonyl (C=O) groups is 2. The summed E-state index contributed by atoms with van der Waals surface area (Å²) in [7, 11) is 0. The molecule has 1 N–H and O–H groups in total. The van der Waals surface area contributed by atoms with Crippen LogP contribution in [0.2, 0.25) is 0 Å². The van der Waals surface area contributed by atoms with Gasteiger partial charge in [0.15, 0.2) is 0 Å². The lowest BCUT2D eigenvalue weighted by atomic mass is 9.95. The molecule has 0 spiro atoms. The summed E-state index contributed by atoms with van der Waals surface area (Å²) in [6, 6.07) is 13.7. The van der Waals surface area contributed by atoms with E-state index in [0.717, 1.165) is 25.7 Å². The van der Waals surface area contributed by atoms with Crippen LogP contribution in [0.15, 0.2) is 60.2 Å². The highest BCUT2D eigenvalue weighted by atomic mass is 19.1. The predicted octanol–water partition coefficient (Wildman–Crippen LogP) is 4.83. The smallest absolute Gasteiger partial charge is 0.295 e. The number of amides is 1. The Morgan fingerprint density at radius 3 is 2.36 bits per heavy atom. The van der Waals surface area contributed by atoms with Crippen LogP contribution >= 0.6 is 0 Å². The molecular formula is C23H24FNO3. The van der Waals surface area contributed by atoms with Crippen LogP contribution in [0.1, 0.15) is 49.8 Å². The van der Waals surface area contributed by atoms with Gasteiger partial charge >= 0.3 is 0 Å². The Balaban J connectivity index is 2.08. The maximum atomic E-state index is 14.6. The van der Waals surface area contributed by atoms with E-state index in [0.29, 0.717) is 12.1 Å². The lowest BCUT2D eigenvalue weighted by molar-refractivity contribution is -0.140. The second kappa shape index (κ2) is 8.83. The van der Waals surface area contributed by atoms with Crippen molar-refractivity contribution in [3.05, 3.63) is 77.1 Å². The van der Waals surface area contributed by atoms with E-state index in [1.807, 2.05) is 0 Å². The van der Waals surface area contributed by atoms with Gasteiger partial charge in [-0.25, -0.2) is 4.39 Å². The fourth-order valence-corrected chi connectivity index (χ4v) is 3.59. The minimum atomic E-state index is -0.928. The Hall–Kier alpha value is -2.95.